The first-order chi connectivity index (χ1) is 10.2. The highest BCUT2D eigenvalue weighted by Crippen LogP contribution is 2.21. The van der Waals surface area contributed by atoms with Gasteiger partial charge >= 0.3 is 0 Å². The molecule has 1 aliphatic rings. The molecule has 0 radical (unpaired) electrons. The quantitative estimate of drug-likeness (QED) is 0.858. The van der Waals surface area contributed by atoms with Crippen molar-refractivity contribution in [3.8, 4) is 5.75 Å². The van der Waals surface area contributed by atoms with Gasteiger partial charge in [-0.25, -0.2) is 4.39 Å². The molecule has 0 atom stereocenters. The molecule has 0 amide bonds. The first kappa shape index (κ1) is 14.4. The Morgan fingerprint density at radius 3 is 2.81 bits per heavy atom. The van der Waals surface area contributed by atoms with Gasteiger partial charge < -0.3 is 10.1 Å². The predicted octanol–water partition coefficient (Wildman–Crippen LogP) is 4.31. The summed E-state index contributed by atoms with van der Waals surface area (Å²) in [5, 5.41) is 3.85. The van der Waals surface area contributed by atoms with Crippen molar-refractivity contribution in [1.29, 1.82) is 0 Å². The van der Waals surface area contributed by atoms with E-state index in [1.54, 1.807) is 12.1 Å². The van der Waals surface area contributed by atoms with E-state index < -0.39 is 0 Å². The van der Waals surface area contributed by atoms with Crippen molar-refractivity contribution < 1.29 is 9.13 Å². The average Bonchev–Trinajstić information content (AvgIpc) is 3.29. The third-order valence-electron chi connectivity index (χ3n) is 3.48. The van der Waals surface area contributed by atoms with Crippen LogP contribution in [0.1, 0.15) is 24.0 Å². The summed E-state index contributed by atoms with van der Waals surface area (Å²) in [5.74, 6) is 0.411. The van der Waals surface area contributed by atoms with Gasteiger partial charge in [-0.2, -0.15) is 0 Å². The lowest BCUT2D eigenvalue weighted by Crippen LogP contribution is -2.15. The highest BCUT2D eigenvalue weighted by molar-refractivity contribution is 6.30. The van der Waals surface area contributed by atoms with E-state index in [-0.39, 0.29) is 12.4 Å². The fourth-order valence-electron chi connectivity index (χ4n) is 2.09. The Morgan fingerprint density at radius 1 is 1.19 bits per heavy atom. The Morgan fingerprint density at radius 2 is 2.05 bits per heavy atom. The molecule has 0 saturated heterocycles. The van der Waals surface area contributed by atoms with E-state index in [1.165, 1.54) is 24.5 Å². The van der Waals surface area contributed by atoms with Crippen LogP contribution in [0.25, 0.3) is 0 Å². The second-order valence-corrected chi connectivity index (χ2v) is 5.76. The van der Waals surface area contributed by atoms with Crippen LogP contribution in [-0.4, -0.2) is 6.04 Å². The molecule has 0 aliphatic heterocycles. The van der Waals surface area contributed by atoms with Crippen LogP contribution in [0.3, 0.4) is 0 Å². The summed E-state index contributed by atoms with van der Waals surface area (Å²) in [7, 11) is 0. The van der Waals surface area contributed by atoms with Gasteiger partial charge in [-0.3, -0.25) is 0 Å². The van der Waals surface area contributed by atoms with Crippen LogP contribution in [0.2, 0.25) is 5.02 Å². The minimum Gasteiger partial charge on any atom is -0.489 e. The standard InChI is InChI=1S/C17H17ClFNO/c18-14-5-4-13(17(19)9-14)11-21-16-3-1-2-12(8-16)10-20-15-6-7-15/h1-5,8-9,15,20H,6-7,10-11H2. The van der Waals surface area contributed by atoms with E-state index >= 15 is 0 Å². The Labute approximate surface area is 128 Å². The van der Waals surface area contributed by atoms with Crippen LogP contribution in [0.4, 0.5) is 4.39 Å². The molecule has 0 bridgehead atoms. The van der Waals surface area contributed by atoms with Crippen molar-refractivity contribution in [1.82, 2.24) is 5.32 Å². The van der Waals surface area contributed by atoms with Gasteiger partial charge in [0.1, 0.15) is 18.2 Å². The third kappa shape index (κ3) is 4.19. The van der Waals surface area contributed by atoms with Crippen molar-refractivity contribution in [2.75, 3.05) is 0 Å². The van der Waals surface area contributed by atoms with Crippen molar-refractivity contribution in [3.63, 3.8) is 0 Å². The minimum absolute atomic E-state index is 0.197. The molecule has 21 heavy (non-hydrogen) atoms. The van der Waals surface area contributed by atoms with Crippen molar-refractivity contribution in [3.05, 3.63) is 64.4 Å². The number of rotatable bonds is 6. The molecule has 1 saturated carbocycles. The Hall–Kier alpha value is -1.58. The molecule has 110 valence electrons. The number of ether oxygens (including phenoxy) is 1. The minimum atomic E-state index is -0.339. The summed E-state index contributed by atoms with van der Waals surface area (Å²) in [6, 6.07) is 13.2. The number of hydrogen-bond donors (Lipinski definition) is 1. The summed E-state index contributed by atoms with van der Waals surface area (Å²) in [4.78, 5) is 0. The molecule has 2 aromatic carbocycles. The van der Waals surface area contributed by atoms with Gasteiger partial charge in [0.05, 0.1) is 0 Å². The Balaban J connectivity index is 1.60. The molecule has 1 fully saturated rings. The van der Waals surface area contributed by atoms with E-state index in [2.05, 4.69) is 11.4 Å². The zero-order valence-corrected chi connectivity index (χ0v) is 12.4. The molecule has 2 nitrogen and oxygen atoms in total. The molecule has 0 spiro atoms. The van der Waals surface area contributed by atoms with Crippen LogP contribution in [0.5, 0.6) is 5.75 Å². The van der Waals surface area contributed by atoms with Gasteiger partial charge in [-0.05, 0) is 42.7 Å². The maximum absolute atomic E-state index is 13.7. The largest absolute Gasteiger partial charge is 0.489 e. The molecule has 2 aromatic rings. The van der Waals surface area contributed by atoms with E-state index in [9.17, 15) is 4.39 Å². The summed E-state index contributed by atoms with van der Waals surface area (Å²) in [6.45, 7) is 1.04. The van der Waals surface area contributed by atoms with Crippen LogP contribution < -0.4 is 10.1 Å². The number of nitrogens with one attached hydrogen (secondary N) is 1. The first-order valence-electron chi connectivity index (χ1n) is 7.10. The molecule has 0 unspecified atom stereocenters. The zero-order valence-electron chi connectivity index (χ0n) is 11.6. The van der Waals surface area contributed by atoms with E-state index in [0.717, 1.165) is 12.3 Å². The molecular weight excluding hydrogens is 289 g/mol. The van der Waals surface area contributed by atoms with Crippen LogP contribution in [0, 0.1) is 5.82 Å². The SMILES string of the molecule is Fc1cc(Cl)ccc1COc1cccc(CNC2CC2)c1. The van der Waals surface area contributed by atoms with Gasteiger partial charge in [-0.1, -0.05) is 29.8 Å². The molecule has 0 aromatic heterocycles. The maximum Gasteiger partial charge on any atom is 0.131 e. The molecule has 1 N–H and O–H groups in total. The summed E-state index contributed by atoms with van der Waals surface area (Å²) >= 11 is 5.73. The van der Waals surface area contributed by atoms with Gasteiger partial charge in [0.2, 0.25) is 0 Å². The van der Waals surface area contributed by atoms with Crippen LogP contribution in [-0.2, 0) is 13.2 Å². The van der Waals surface area contributed by atoms with Crippen molar-refractivity contribution in [2.24, 2.45) is 0 Å². The lowest BCUT2D eigenvalue weighted by Gasteiger charge is -2.09. The van der Waals surface area contributed by atoms with Gasteiger partial charge in [0, 0.05) is 23.2 Å². The molecule has 0 heterocycles. The summed E-state index contributed by atoms with van der Waals surface area (Å²) in [5.41, 5.74) is 1.68. The number of hydrogen-bond acceptors (Lipinski definition) is 2. The summed E-state index contributed by atoms with van der Waals surface area (Å²) in [6.07, 6.45) is 2.54. The van der Waals surface area contributed by atoms with Crippen molar-refractivity contribution in [2.45, 2.75) is 32.0 Å². The Kier molecular flexibility index (Phi) is 4.42. The molecule has 3 rings (SSSR count). The number of halogens is 2. The predicted molar refractivity (Wildman–Crippen MR) is 82.0 cm³/mol. The molecule has 1 aliphatic carbocycles. The van der Waals surface area contributed by atoms with Crippen LogP contribution >= 0.6 is 11.6 Å². The summed E-state index contributed by atoms with van der Waals surface area (Å²) < 4.78 is 19.3. The van der Waals surface area contributed by atoms with Gasteiger partial charge in [0.15, 0.2) is 0 Å². The van der Waals surface area contributed by atoms with E-state index in [1.807, 2.05) is 18.2 Å². The Bertz CT molecular complexity index is 628. The second kappa shape index (κ2) is 6.46. The van der Waals surface area contributed by atoms with Gasteiger partial charge in [0.25, 0.3) is 0 Å². The lowest BCUT2D eigenvalue weighted by atomic mass is 10.2. The van der Waals surface area contributed by atoms with Crippen molar-refractivity contribution >= 4 is 11.6 Å². The zero-order chi connectivity index (χ0) is 14.7. The first-order valence-corrected chi connectivity index (χ1v) is 7.47. The van der Waals surface area contributed by atoms with Gasteiger partial charge in [-0.15, -0.1) is 0 Å². The van der Waals surface area contributed by atoms with Crippen LogP contribution in [0.15, 0.2) is 42.5 Å². The highest BCUT2D eigenvalue weighted by atomic mass is 35.5. The van der Waals surface area contributed by atoms with E-state index in [0.29, 0.717) is 16.6 Å². The maximum atomic E-state index is 13.7. The van der Waals surface area contributed by atoms with E-state index in [4.69, 9.17) is 16.3 Å². The monoisotopic (exact) mass is 305 g/mol. The smallest absolute Gasteiger partial charge is 0.131 e. The fraction of sp³-hybridized carbons (Fsp3) is 0.294. The normalized spacial score (nSPS) is 14.2. The highest BCUT2D eigenvalue weighted by Gasteiger charge is 2.19. The molecular formula is C17H17ClFNO. The third-order valence-corrected chi connectivity index (χ3v) is 3.72. The lowest BCUT2D eigenvalue weighted by molar-refractivity contribution is 0.299. The molecule has 4 heteroatoms. The number of benzene rings is 2. The average molecular weight is 306 g/mol. The fourth-order valence-corrected chi connectivity index (χ4v) is 2.25. The second-order valence-electron chi connectivity index (χ2n) is 5.33. The topological polar surface area (TPSA) is 21.3 Å².